The van der Waals surface area contributed by atoms with Gasteiger partial charge in [0.15, 0.2) is 0 Å². The highest BCUT2D eigenvalue weighted by atomic mass is 35.5. The molecule has 18 heavy (non-hydrogen) atoms. The average molecular weight is 263 g/mol. The first-order chi connectivity index (χ1) is 8.69. The molecule has 1 N–H and O–H groups in total. The molecule has 2 aromatic rings. The highest BCUT2D eigenvalue weighted by Gasteiger charge is 2.07. The number of anilines is 1. The molecule has 0 saturated carbocycles. The largest absolute Gasteiger partial charge is 0.497 e. The van der Waals surface area contributed by atoms with Crippen LogP contribution in [0.3, 0.4) is 0 Å². The predicted octanol–water partition coefficient (Wildman–Crippen LogP) is 3.00. The number of nitrogens with zero attached hydrogens (tertiary/aromatic N) is 1. The Labute approximate surface area is 110 Å². The van der Waals surface area contributed by atoms with Gasteiger partial charge in [-0.2, -0.15) is 0 Å². The Hall–Kier alpha value is -2.07. The van der Waals surface area contributed by atoms with Gasteiger partial charge in [-0.1, -0.05) is 11.6 Å². The maximum atomic E-state index is 11.9. The van der Waals surface area contributed by atoms with Crippen LogP contribution in [-0.2, 0) is 0 Å². The summed E-state index contributed by atoms with van der Waals surface area (Å²) in [5, 5.41) is 3.27. The van der Waals surface area contributed by atoms with Gasteiger partial charge in [0.25, 0.3) is 5.91 Å². The van der Waals surface area contributed by atoms with Crippen molar-refractivity contribution in [3.8, 4) is 5.75 Å². The first-order valence-corrected chi connectivity index (χ1v) is 5.64. The van der Waals surface area contributed by atoms with Crippen molar-refractivity contribution >= 4 is 23.3 Å². The van der Waals surface area contributed by atoms with E-state index in [0.717, 1.165) is 0 Å². The van der Waals surface area contributed by atoms with Gasteiger partial charge in [0.1, 0.15) is 11.6 Å². The number of halogens is 1. The number of pyridine rings is 1. The molecule has 0 aliphatic rings. The number of benzene rings is 1. The van der Waals surface area contributed by atoms with Crippen molar-refractivity contribution in [2.45, 2.75) is 0 Å². The van der Waals surface area contributed by atoms with E-state index in [0.29, 0.717) is 22.2 Å². The third-order valence-electron chi connectivity index (χ3n) is 2.32. The van der Waals surface area contributed by atoms with Crippen molar-refractivity contribution in [3.05, 3.63) is 53.2 Å². The van der Waals surface area contributed by atoms with Crippen molar-refractivity contribution in [1.82, 2.24) is 4.98 Å². The third kappa shape index (κ3) is 2.99. The number of hydrogen-bond donors (Lipinski definition) is 1. The number of aromatic nitrogens is 1. The van der Waals surface area contributed by atoms with E-state index in [1.54, 1.807) is 49.7 Å². The van der Waals surface area contributed by atoms with E-state index in [4.69, 9.17) is 16.3 Å². The highest BCUT2D eigenvalue weighted by molar-refractivity contribution is 6.30. The number of carbonyl (C=O) groups is 1. The first-order valence-electron chi connectivity index (χ1n) is 5.26. The van der Waals surface area contributed by atoms with Gasteiger partial charge in [-0.25, -0.2) is 4.98 Å². The molecule has 0 aliphatic carbocycles. The normalized spacial score (nSPS) is 9.89. The van der Waals surface area contributed by atoms with E-state index in [1.165, 1.54) is 0 Å². The lowest BCUT2D eigenvalue weighted by Crippen LogP contribution is -2.12. The zero-order chi connectivity index (χ0) is 13.0. The van der Waals surface area contributed by atoms with Crippen molar-refractivity contribution in [2.24, 2.45) is 0 Å². The Kier molecular flexibility index (Phi) is 3.79. The van der Waals surface area contributed by atoms with Crippen LogP contribution < -0.4 is 10.1 Å². The molecule has 0 bridgehead atoms. The zero-order valence-corrected chi connectivity index (χ0v) is 10.4. The summed E-state index contributed by atoms with van der Waals surface area (Å²) < 4.78 is 5.05. The number of nitrogens with one attached hydrogen (secondary N) is 1. The van der Waals surface area contributed by atoms with Crippen LogP contribution in [0.15, 0.2) is 42.6 Å². The number of methoxy groups -OCH3 is 1. The minimum atomic E-state index is -0.243. The maximum absolute atomic E-state index is 11.9. The lowest BCUT2D eigenvalue weighted by Gasteiger charge is -2.06. The molecule has 1 heterocycles. The second kappa shape index (κ2) is 5.51. The molecule has 4 nitrogen and oxygen atoms in total. The lowest BCUT2D eigenvalue weighted by molar-refractivity contribution is 0.102. The Balaban J connectivity index is 2.13. The summed E-state index contributed by atoms with van der Waals surface area (Å²) >= 11 is 5.76. The summed E-state index contributed by atoms with van der Waals surface area (Å²) in [5.41, 5.74) is 0.518. The molecular formula is C13H11ClN2O2. The van der Waals surface area contributed by atoms with Gasteiger partial charge in [-0.15, -0.1) is 0 Å². The van der Waals surface area contributed by atoms with Gasteiger partial charge in [-0.3, -0.25) is 4.79 Å². The quantitative estimate of drug-likeness (QED) is 0.925. The predicted molar refractivity (Wildman–Crippen MR) is 70.2 cm³/mol. The number of amides is 1. The summed E-state index contributed by atoms with van der Waals surface area (Å²) in [4.78, 5) is 15.9. The van der Waals surface area contributed by atoms with Crippen LogP contribution in [-0.4, -0.2) is 18.0 Å². The summed E-state index contributed by atoms with van der Waals surface area (Å²) in [7, 11) is 1.56. The van der Waals surface area contributed by atoms with E-state index >= 15 is 0 Å². The van der Waals surface area contributed by atoms with Crippen LogP contribution in [0.4, 0.5) is 5.82 Å². The summed E-state index contributed by atoms with van der Waals surface area (Å²) in [6, 6.07) is 9.98. The van der Waals surface area contributed by atoms with Crippen molar-refractivity contribution in [1.29, 1.82) is 0 Å². The van der Waals surface area contributed by atoms with Gasteiger partial charge in [0.2, 0.25) is 0 Å². The molecule has 5 heteroatoms. The molecule has 0 saturated heterocycles. The summed E-state index contributed by atoms with van der Waals surface area (Å²) in [6.45, 7) is 0. The fourth-order valence-electron chi connectivity index (χ4n) is 1.40. The fraction of sp³-hybridized carbons (Fsp3) is 0.0769. The molecular weight excluding hydrogens is 252 g/mol. The van der Waals surface area contributed by atoms with E-state index < -0.39 is 0 Å². The number of ether oxygens (including phenoxy) is 1. The van der Waals surface area contributed by atoms with Crippen molar-refractivity contribution in [2.75, 3.05) is 12.4 Å². The van der Waals surface area contributed by atoms with Crippen molar-refractivity contribution < 1.29 is 9.53 Å². The molecule has 0 fully saturated rings. The lowest BCUT2D eigenvalue weighted by atomic mass is 10.2. The summed E-state index contributed by atoms with van der Waals surface area (Å²) in [6.07, 6.45) is 1.57. The SMILES string of the molecule is COc1ccnc(NC(=O)c2ccc(Cl)cc2)c1. The molecule has 0 unspecified atom stereocenters. The molecule has 0 atom stereocenters. The first kappa shape index (κ1) is 12.4. The topological polar surface area (TPSA) is 51.2 Å². The van der Waals surface area contributed by atoms with E-state index in [2.05, 4.69) is 10.3 Å². The fourth-order valence-corrected chi connectivity index (χ4v) is 1.52. The zero-order valence-electron chi connectivity index (χ0n) is 9.68. The van der Waals surface area contributed by atoms with Crippen LogP contribution >= 0.6 is 11.6 Å². The molecule has 0 spiro atoms. The van der Waals surface area contributed by atoms with E-state index in [-0.39, 0.29) is 5.91 Å². The molecule has 1 aromatic heterocycles. The Morgan fingerprint density at radius 3 is 2.67 bits per heavy atom. The molecule has 0 aliphatic heterocycles. The number of hydrogen-bond acceptors (Lipinski definition) is 3. The van der Waals surface area contributed by atoms with E-state index in [1.807, 2.05) is 0 Å². The Morgan fingerprint density at radius 2 is 2.00 bits per heavy atom. The van der Waals surface area contributed by atoms with Gasteiger partial charge in [0.05, 0.1) is 7.11 Å². The number of rotatable bonds is 3. The van der Waals surface area contributed by atoms with Crippen LogP contribution in [0, 0.1) is 0 Å². The standard InChI is InChI=1S/C13H11ClN2O2/c1-18-11-6-7-15-12(8-11)16-13(17)9-2-4-10(14)5-3-9/h2-8H,1H3,(H,15,16,17). The minimum Gasteiger partial charge on any atom is -0.497 e. The summed E-state index contributed by atoms with van der Waals surface area (Å²) in [5.74, 6) is 0.832. The minimum absolute atomic E-state index is 0.243. The van der Waals surface area contributed by atoms with Gasteiger partial charge >= 0.3 is 0 Å². The molecule has 1 aromatic carbocycles. The van der Waals surface area contributed by atoms with Crippen molar-refractivity contribution in [3.63, 3.8) is 0 Å². The molecule has 2 rings (SSSR count). The van der Waals surface area contributed by atoms with Gasteiger partial charge in [-0.05, 0) is 30.3 Å². The van der Waals surface area contributed by atoms with Crippen LogP contribution in [0.2, 0.25) is 5.02 Å². The number of carbonyl (C=O) groups excluding carboxylic acids is 1. The molecule has 0 radical (unpaired) electrons. The van der Waals surface area contributed by atoms with Gasteiger partial charge in [0, 0.05) is 22.8 Å². The van der Waals surface area contributed by atoms with E-state index in [9.17, 15) is 4.79 Å². The van der Waals surface area contributed by atoms with Crippen LogP contribution in [0.25, 0.3) is 0 Å². The highest BCUT2D eigenvalue weighted by Crippen LogP contribution is 2.15. The molecule has 92 valence electrons. The smallest absolute Gasteiger partial charge is 0.256 e. The Morgan fingerprint density at radius 1 is 1.28 bits per heavy atom. The maximum Gasteiger partial charge on any atom is 0.256 e. The average Bonchev–Trinajstić information content (AvgIpc) is 2.39. The monoisotopic (exact) mass is 262 g/mol. The third-order valence-corrected chi connectivity index (χ3v) is 2.57. The van der Waals surface area contributed by atoms with Crippen LogP contribution in [0.1, 0.15) is 10.4 Å². The Bertz CT molecular complexity index is 555. The second-order valence-electron chi connectivity index (χ2n) is 3.54. The molecule has 1 amide bonds. The van der Waals surface area contributed by atoms with Crippen LogP contribution in [0.5, 0.6) is 5.75 Å². The van der Waals surface area contributed by atoms with Gasteiger partial charge < -0.3 is 10.1 Å². The second-order valence-corrected chi connectivity index (χ2v) is 3.98.